The second-order valence-electron chi connectivity index (χ2n) is 20.5. The number of nitrogens with zero attached hydrogens (tertiary/aromatic N) is 1. The highest BCUT2D eigenvalue weighted by atomic mass is 16.3. The summed E-state index contributed by atoms with van der Waals surface area (Å²) >= 11 is 0. The number of anilines is 5. The molecule has 318 valence electrons. The molecule has 4 aromatic carbocycles. The molecule has 0 radical (unpaired) electrons. The summed E-state index contributed by atoms with van der Waals surface area (Å²) < 4.78 is 0. The van der Waals surface area contributed by atoms with Crippen molar-refractivity contribution in [1.82, 2.24) is 4.90 Å². The highest BCUT2D eigenvalue weighted by Crippen LogP contribution is 2.40. The Hall–Kier alpha value is -4.90. The van der Waals surface area contributed by atoms with E-state index in [2.05, 4.69) is 221 Å². The molecule has 5 nitrogen and oxygen atoms in total. The van der Waals surface area contributed by atoms with Gasteiger partial charge in [-0.25, -0.2) is 0 Å². The van der Waals surface area contributed by atoms with Gasteiger partial charge in [0, 0.05) is 52.4 Å². The van der Waals surface area contributed by atoms with Crippen molar-refractivity contribution in [2.75, 3.05) is 16.0 Å². The Kier molecular flexibility index (Phi) is 15.8. The number of hydrogen-bond acceptors (Lipinski definition) is 5. The summed E-state index contributed by atoms with van der Waals surface area (Å²) in [6.45, 7) is 36.5. The molecule has 0 aromatic heterocycles. The summed E-state index contributed by atoms with van der Waals surface area (Å²) in [5.41, 5.74) is 11.7. The maximum absolute atomic E-state index is 11.4. The Morgan fingerprint density at radius 3 is 1.51 bits per heavy atom. The Balaban J connectivity index is 1.38. The fourth-order valence-corrected chi connectivity index (χ4v) is 7.99. The lowest BCUT2D eigenvalue weighted by atomic mass is 9.78. The van der Waals surface area contributed by atoms with Crippen molar-refractivity contribution in [3.8, 4) is 5.75 Å². The van der Waals surface area contributed by atoms with Crippen LogP contribution < -0.4 is 16.0 Å². The van der Waals surface area contributed by atoms with Gasteiger partial charge in [-0.15, -0.1) is 0 Å². The van der Waals surface area contributed by atoms with Crippen LogP contribution in [0.1, 0.15) is 132 Å². The Morgan fingerprint density at radius 1 is 0.661 bits per heavy atom. The Morgan fingerprint density at radius 2 is 1.10 bits per heavy atom. The van der Waals surface area contributed by atoms with Gasteiger partial charge in [0.05, 0.1) is 0 Å². The third kappa shape index (κ3) is 14.7. The number of aromatic hydroxyl groups is 1. The van der Waals surface area contributed by atoms with Crippen LogP contribution in [0.3, 0.4) is 0 Å². The van der Waals surface area contributed by atoms with Crippen LogP contribution >= 0.6 is 0 Å². The molecule has 0 spiro atoms. The molecule has 0 fully saturated rings. The van der Waals surface area contributed by atoms with Crippen LogP contribution in [0.5, 0.6) is 5.75 Å². The molecule has 0 amide bonds. The second-order valence-corrected chi connectivity index (χ2v) is 20.5. The summed E-state index contributed by atoms with van der Waals surface area (Å²) in [4.78, 5) is 2.41. The number of phenolic OH excluding ortho intramolecular Hbond substituents is 1. The number of hydrogen-bond donors (Lipinski definition) is 4. The fourth-order valence-electron chi connectivity index (χ4n) is 7.99. The van der Waals surface area contributed by atoms with E-state index in [0.717, 1.165) is 63.8 Å². The van der Waals surface area contributed by atoms with Gasteiger partial charge in [-0.1, -0.05) is 108 Å². The zero-order valence-corrected chi connectivity index (χ0v) is 39.0. The average Bonchev–Trinajstić information content (AvgIpc) is 3.13. The van der Waals surface area contributed by atoms with Gasteiger partial charge in [-0.2, -0.15) is 0 Å². The minimum atomic E-state index is -0.186. The van der Waals surface area contributed by atoms with Crippen molar-refractivity contribution >= 4 is 28.4 Å². The minimum absolute atomic E-state index is 0.186. The van der Waals surface area contributed by atoms with Crippen LogP contribution in [-0.4, -0.2) is 16.0 Å². The molecule has 2 atom stereocenters. The fraction of sp³-hybridized carbons (Fsp3) is 0.444. The monoisotopic (exact) mass is 797 g/mol. The summed E-state index contributed by atoms with van der Waals surface area (Å²) in [5, 5.41) is 22.0. The highest BCUT2D eigenvalue weighted by molar-refractivity contribution is 5.67. The van der Waals surface area contributed by atoms with Crippen LogP contribution in [0.25, 0.3) is 0 Å². The summed E-state index contributed by atoms with van der Waals surface area (Å²) in [6.07, 6.45) is 9.69. The van der Waals surface area contributed by atoms with E-state index in [-0.39, 0.29) is 16.9 Å². The quantitative estimate of drug-likeness (QED) is 0.0802. The minimum Gasteiger partial charge on any atom is -0.507 e. The first-order chi connectivity index (χ1) is 27.5. The number of nitrogens with one attached hydrogen (secondary N) is 3. The lowest BCUT2D eigenvalue weighted by Gasteiger charge is -2.34. The summed E-state index contributed by atoms with van der Waals surface area (Å²) in [5.74, 6) is 1.63. The number of benzene rings is 4. The number of phenols is 1. The number of rotatable bonds is 17. The maximum atomic E-state index is 11.4. The SMILES string of the molecule is C=C(/C=C\C(=C/C)Nc1ccc(Nc2ccc(Nc3ccc(CC(C)CC(C)(C)C)cc3)cc2)cc1)N(Cc1cc(C(C)(C)C)c(O)c(C(C)(C)C)c1)C(C)CC(C)C. The van der Waals surface area contributed by atoms with Gasteiger partial charge in [-0.3, -0.25) is 0 Å². The van der Waals surface area contributed by atoms with E-state index in [4.69, 9.17) is 0 Å². The molecule has 59 heavy (non-hydrogen) atoms. The van der Waals surface area contributed by atoms with Gasteiger partial charge in [-0.05, 0) is 168 Å². The molecule has 0 aliphatic rings. The average molecular weight is 797 g/mol. The molecular formula is C54H76N4O. The van der Waals surface area contributed by atoms with Gasteiger partial charge in [0.25, 0.3) is 0 Å². The normalized spacial score (nSPS) is 13.7. The third-order valence-corrected chi connectivity index (χ3v) is 10.8. The standard InChI is InChI=1S/C54H76N4O/c1-16-43(20-17-39(5)58(40(6)31-37(2)3)36-42-33-49(53(10,11)12)51(59)50(34-42)54(13,14)15)55-45-23-25-47(26-24-45)57-48-29-27-46(28-30-48)56-44-21-18-41(19-22-44)32-38(4)35-52(7,8)9/h16-30,33-34,37-38,40,55-57,59H,5,31-32,35-36H2,1-4,6-15H3/b20-17-,43-16+. The molecule has 5 heteroatoms. The molecule has 0 aliphatic carbocycles. The molecule has 0 heterocycles. The third-order valence-electron chi connectivity index (χ3n) is 10.8. The molecule has 0 saturated heterocycles. The topological polar surface area (TPSA) is 59.6 Å². The van der Waals surface area contributed by atoms with Gasteiger partial charge in [0.1, 0.15) is 5.75 Å². The van der Waals surface area contributed by atoms with E-state index in [1.54, 1.807) is 0 Å². The molecule has 4 aromatic rings. The molecule has 2 unspecified atom stereocenters. The zero-order chi connectivity index (χ0) is 43.7. The predicted octanol–water partition coefficient (Wildman–Crippen LogP) is 15.4. The summed E-state index contributed by atoms with van der Waals surface area (Å²) in [6, 6.07) is 30.3. The summed E-state index contributed by atoms with van der Waals surface area (Å²) in [7, 11) is 0. The number of allylic oxidation sites excluding steroid dienone is 3. The van der Waals surface area contributed by atoms with Crippen molar-refractivity contribution in [1.29, 1.82) is 0 Å². The van der Waals surface area contributed by atoms with Gasteiger partial charge in [0.2, 0.25) is 0 Å². The zero-order valence-electron chi connectivity index (χ0n) is 39.0. The molecular weight excluding hydrogens is 721 g/mol. The lowest BCUT2D eigenvalue weighted by molar-refractivity contribution is 0.237. The first kappa shape index (κ1) is 46.8. The predicted molar refractivity (Wildman–Crippen MR) is 258 cm³/mol. The van der Waals surface area contributed by atoms with Gasteiger partial charge >= 0.3 is 0 Å². The first-order valence-electron chi connectivity index (χ1n) is 21.8. The first-order valence-corrected chi connectivity index (χ1v) is 21.8. The van der Waals surface area contributed by atoms with Crippen LogP contribution in [0.15, 0.2) is 121 Å². The van der Waals surface area contributed by atoms with Gasteiger partial charge in [0.15, 0.2) is 0 Å². The van der Waals surface area contributed by atoms with Crippen LogP contribution in [0.2, 0.25) is 0 Å². The van der Waals surface area contributed by atoms with Crippen LogP contribution in [0.4, 0.5) is 28.4 Å². The maximum Gasteiger partial charge on any atom is 0.123 e. The van der Waals surface area contributed by atoms with E-state index in [1.165, 1.54) is 17.5 Å². The van der Waals surface area contributed by atoms with Crippen molar-refractivity contribution < 1.29 is 5.11 Å². The smallest absolute Gasteiger partial charge is 0.123 e. The molecule has 4 N–H and O–H groups in total. The van der Waals surface area contributed by atoms with E-state index < -0.39 is 0 Å². The van der Waals surface area contributed by atoms with E-state index in [9.17, 15) is 5.11 Å². The highest BCUT2D eigenvalue weighted by Gasteiger charge is 2.27. The Bertz CT molecular complexity index is 1980. The van der Waals surface area contributed by atoms with Crippen molar-refractivity contribution in [2.24, 2.45) is 17.3 Å². The second kappa shape index (κ2) is 19.9. The van der Waals surface area contributed by atoms with Crippen molar-refractivity contribution in [2.45, 2.75) is 140 Å². The van der Waals surface area contributed by atoms with E-state index >= 15 is 0 Å². The molecule has 4 rings (SSSR count). The van der Waals surface area contributed by atoms with E-state index in [0.29, 0.717) is 29.5 Å². The lowest BCUT2D eigenvalue weighted by Crippen LogP contribution is -2.32. The Labute approximate surface area is 359 Å². The van der Waals surface area contributed by atoms with E-state index in [1.807, 2.05) is 6.92 Å². The molecule has 0 aliphatic heterocycles. The molecule has 0 bridgehead atoms. The largest absolute Gasteiger partial charge is 0.507 e. The molecule has 0 saturated carbocycles. The van der Waals surface area contributed by atoms with Crippen molar-refractivity contribution in [3.63, 3.8) is 0 Å². The van der Waals surface area contributed by atoms with Crippen LogP contribution in [-0.2, 0) is 23.8 Å². The van der Waals surface area contributed by atoms with Crippen molar-refractivity contribution in [3.05, 3.63) is 143 Å². The van der Waals surface area contributed by atoms with Crippen LogP contribution in [0, 0.1) is 17.3 Å². The van der Waals surface area contributed by atoms with Gasteiger partial charge < -0.3 is 26.0 Å².